The molecule has 1 aliphatic rings. The van der Waals surface area contributed by atoms with Crippen LogP contribution < -0.4 is 0 Å². The molecule has 2 amide bonds. The molecule has 1 fully saturated rings. The van der Waals surface area contributed by atoms with Gasteiger partial charge in [0.15, 0.2) is 5.69 Å². The minimum absolute atomic E-state index is 0.0744. The Balaban J connectivity index is 1.98. The fraction of sp³-hybridized carbons (Fsp3) is 0.571. The molecule has 0 unspecified atom stereocenters. The molecule has 6 nitrogen and oxygen atoms in total. The number of fused-ring (bicyclic) bond motifs is 1. The number of amides is 2. The van der Waals surface area contributed by atoms with E-state index in [-0.39, 0.29) is 11.8 Å². The van der Waals surface area contributed by atoms with Crippen LogP contribution in [0.3, 0.4) is 0 Å². The fourth-order valence-corrected chi connectivity index (χ4v) is 3.77. The van der Waals surface area contributed by atoms with Gasteiger partial charge in [-0.3, -0.25) is 14.0 Å². The fourth-order valence-electron chi connectivity index (χ4n) is 3.77. The maximum Gasteiger partial charge on any atom is 0.290 e. The summed E-state index contributed by atoms with van der Waals surface area (Å²) in [5, 5.41) is 0. The highest BCUT2D eigenvalue weighted by atomic mass is 16.2. The van der Waals surface area contributed by atoms with Crippen LogP contribution in [0.4, 0.5) is 0 Å². The molecule has 0 bridgehead atoms. The molecule has 0 radical (unpaired) electrons. The third-order valence-corrected chi connectivity index (χ3v) is 5.11. The van der Waals surface area contributed by atoms with Crippen LogP contribution in [0.15, 0.2) is 24.4 Å². The number of pyridine rings is 1. The van der Waals surface area contributed by atoms with Gasteiger partial charge >= 0.3 is 0 Å². The van der Waals surface area contributed by atoms with Gasteiger partial charge in [0.05, 0.1) is 5.52 Å². The summed E-state index contributed by atoms with van der Waals surface area (Å²) in [7, 11) is 0. The summed E-state index contributed by atoms with van der Waals surface area (Å²) in [4.78, 5) is 34.6. The lowest BCUT2D eigenvalue weighted by atomic mass is 10.2. The average Bonchev–Trinajstić information content (AvgIpc) is 2.86. The minimum Gasteiger partial charge on any atom is -0.337 e. The molecule has 146 valence electrons. The van der Waals surface area contributed by atoms with Gasteiger partial charge in [0.25, 0.3) is 11.8 Å². The van der Waals surface area contributed by atoms with E-state index in [1.54, 1.807) is 4.40 Å². The van der Waals surface area contributed by atoms with E-state index in [0.717, 1.165) is 38.8 Å². The number of imidazole rings is 1. The third kappa shape index (κ3) is 4.15. The van der Waals surface area contributed by atoms with E-state index in [9.17, 15) is 9.59 Å². The Morgan fingerprint density at radius 1 is 1.04 bits per heavy atom. The van der Waals surface area contributed by atoms with Crippen LogP contribution in [0.5, 0.6) is 0 Å². The zero-order valence-corrected chi connectivity index (χ0v) is 16.5. The predicted molar refractivity (Wildman–Crippen MR) is 106 cm³/mol. The molecule has 2 aromatic heterocycles. The van der Waals surface area contributed by atoms with Crippen molar-refractivity contribution in [1.82, 2.24) is 19.2 Å². The number of rotatable bonds is 6. The molecule has 0 N–H and O–H groups in total. The van der Waals surface area contributed by atoms with Crippen molar-refractivity contribution in [2.24, 2.45) is 0 Å². The molecule has 3 rings (SSSR count). The van der Waals surface area contributed by atoms with E-state index < -0.39 is 0 Å². The largest absolute Gasteiger partial charge is 0.337 e. The van der Waals surface area contributed by atoms with E-state index in [2.05, 4.69) is 18.8 Å². The van der Waals surface area contributed by atoms with Gasteiger partial charge in [-0.25, -0.2) is 4.98 Å². The quantitative estimate of drug-likeness (QED) is 0.780. The van der Waals surface area contributed by atoms with Gasteiger partial charge in [-0.1, -0.05) is 32.8 Å². The Kier molecular flexibility index (Phi) is 6.48. The highest BCUT2D eigenvalue weighted by Gasteiger charge is 2.27. The maximum atomic E-state index is 13.1. The number of nitrogens with zero attached hydrogens (tertiary/aromatic N) is 4. The van der Waals surface area contributed by atoms with Crippen LogP contribution in [0, 0.1) is 0 Å². The molecule has 6 heteroatoms. The van der Waals surface area contributed by atoms with Gasteiger partial charge in [0.1, 0.15) is 0 Å². The van der Waals surface area contributed by atoms with Crippen molar-refractivity contribution in [3.63, 3.8) is 0 Å². The van der Waals surface area contributed by atoms with Crippen molar-refractivity contribution in [1.29, 1.82) is 0 Å². The third-order valence-electron chi connectivity index (χ3n) is 5.11. The summed E-state index contributed by atoms with van der Waals surface area (Å²) >= 11 is 0. The zero-order valence-electron chi connectivity index (χ0n) is 16.5. The predicted octanol–water partition coefficient (Wildman–Crippen LogP) is 3.61. The Labute approximate surface area is 161 Å². The Bertz CT molecular complexity index is 737. The van der Waals surface area contributed by atoms with Crippen LogP contribution >= 0.6 is 0 Å². The lowest BCUT2D eigenvalue weighted by molar-refractivity contribution is 0.0746. The second kappa shape index (κ2) is 9.02. The van der Waals surface area contributed by atoms with Gasteiger partial charge in [-0.05, 0) is 37.8 Å². The van der Waals surface area contributed by atoms with Crippen molar-refractivity contribution in [2.45, 2.75) is 52.4 Å². The minimum atomic E-state index is -0.0858. The SMILES string of the molecule is CCCN(CCC)C(=O)c1nc(C(=O)N2CCCCCC2)n2ccccc12. The average molecular weight is 370 g/mol. The first-order chi connectivity index (χ1) is 13.2. The molecule has 2 aromatic rings. The summed E-state index contributed by atoms with van der Waals surface area (Å²) in [5.74, 6) is 0.191. The summed E-state index contributed by atoms with van der Waals surface area (Å²) < 4.78 is 1.77. The van der Waals surface area contributed by atoms with Gasteiger partial charge in [-0.2, -0.15) is 0 Å². The lowest BCUT2D eigenvalue weighted by Gasteiger charge is -2.20. The van der Waals surface area contributed by atoms with E-state index in [1.807, 2.05) is 34.2 Å². The van der Waals surface area contributed by atoms with E-state index in [0.29, 0.717) is 30.1 Å². The normalized spacial score (nSPS) is 15.0. The molecule has 1 aliphatic heterocycles. The standard InChI is InChI=1S/C21H30N4O2/c1-3-12-23(13-4-2)20(26)18-17-11-7-10-16-25(17)19(22-18)21(27)24-14-8-5-6-9-15-24/h7,10-11,16H,3-6,8-9,12-15H2,1-2H3. The first-order valence-corrected chi connectivity index (χ1v) is 10.2. The summed E-state index contributed by atoms with van der Waals surface area (Å²) in [6.45, 7) is 7.07. The van der Waals surface area contributed by atoms with Crippen LogP contribution in [0.2, 0.25) is 0 Å². The number of likely N-dealkylation sites (tertiary alicyclic amines) is 1. The smallest absolute Gasteiger partial charge is 0.290 e. The number of hydrogen-bond donors (Lipinski definition) is 0. The van der Waals surface area contributed by atoms with Crippen molar-refractivity contribution >= 4 is 17.3 Å². The lowest BCUT2D eigenvalue weighted by Crippen LogP contribution is -2.34. The second-order valence-corrected chi connectivity index (χ2v) is 7.24. The molecule has 0 aliphatic carbocycles. The van der Waals surface area contributed by atoms with Crippen molar-refractivity contribution in [2.75, 3.05) is 26.2 Å². The number of carbonyl (C=O) groups is 2. The van der Waals surface area contributed by atoms with Crippen LogP contribution in [0.1, 0.15) is 73.5 Å². The van der Waals surface area contributed by atoms with Crippen molar-refractivity contribution in [3.05, 3.63) is 35.9 Å². The molecule has 0 spiro atoms. The summed E-state index contributed by atoms with van der Waals surface area (Å²) in [6, 6.07) is 5.63. The molecular formula is C21H30N4O2. The van der Waals surface area contributed by atoms with E-state index >= 15 is 0 Å². The maximum absolute atomic E-state index is 13.1. The molecule has 27 heavy (non-hydrogen) atoms. The number of carbonyl (C=O) groups excluding carboxylic acids is 2. The van der Waals surface area contributed by atoms with E-state index in [1.165, 1.54) is 12.8 Å². The Hall–Kier alpha value is -2.37. The van der Waals surface area contributed by atoms with Gasteiger partial charge in [-0.15, -0.1) is 0 Å². The van der Waals surface area contributed by atoms with Gasteiger partial charge in [0, 0.05) is 32.4 Å². The van der Waals surface area contributed by atoms with Crippen LogP contribution in [-0.4, -0.2) is 57.2 Å². The Morgan fingerprint density at radius 3 is 2.33 bits per heavy atom. The molecule has 0 atom stereocenters. The monoisotopic (exact) mass is 370 g/mol. The first kappa shape index (κ1) is 19.4. The zero-order chi connectivity index (χ0) is 19.2. The topological polar surface area (TPSA) is 57.9 Å². The van der Waals surface area contributed by atoms with Gasteiger partial charge < -0.3 is 9.80 Å². The Morgan fingerprint density at radius 2 is 1.70 bits per heavy atom. The molecule has 3 heterocycles. The second-order valence-electron chi connectivity index (χ2n) is 7.24. The molecular weight excluding hydrogens is 340 g/mol. The molecule has 1 saturated heterocycles. The number of aromatic nitrogens is 2. The van der Waals surface area contributed by atoms with Crippen LogP contribution in [-0.2, 0) is 0 Å². The van der Waals surface area contributed by atoms with Crippen LogP contribution in [0.25, 0.3) is 5.52 Å². The number of hydrogen-bond acceptors (Lipinski definition) is 3. The van der Waals surface area contributed by atoms with Gasteiger partial charge in [0.2, 0.25) is 5.82 Å². The highest BCUT2D eigenvalue weighted by Crippen LogP contribution is 2.19. The summed E-state index contributed by atoms with van der Waals surface area (Å²) in [5.41, 5.74) is 1.09. The van der Waals surface area contributed by atoms with Crippen molar-refractivity contribution in [3.8, 4) is 0 Å². The summed E-state index contributed by atoms with van der Waals surface area (Å²) in [6.07, 6.45) is 8.02. The first-order valence-electron chi connectivity index (χ1n) is 10.2. The van der Waals surface area contributed by atoms with Crippen molar-refractivity contribution < 1.29 is 9.59 Å². The molecule has 0 saturated carbocycles. The molecule has 0 aromatic carbocycles. The highest BCUT2D eigenvalue weighted by molar-refractivity contribution is 6.02. The van der Waals surface area contributed by atoms with E-state index in [4.69, 9.17) is 0 Å².